The molecule has 6 nitrogen and oxygen atoms in total. The molecular formula is C19H17FN4O2S. The quantitative estimate of drug-likeness (QED) is 0.623. The van der Waals surface area contributed by atoms with Crippen LogP contribution in [-0.4, -0.2) is 4.98 Å². The molecule has 1 aliphatic heterocycles. The van der Waals surface area contributed by atoms with Gasteiger partial charge in [0.05, 0.1) is 0 Å². The van der Waals surface area contributed by atoms with Gasteiger partial charge < -0.3 is 16.2 Å². The molecule has 1 aromatic carbocycles. The first-order valence-electron chi connectivity index (χ1n) is 8.18. The second-order valence-electron chi connectivity index (χ2n) is 5.98. The summed E-state index contributed by atoms with van der Waals surface area (Å²) >= 11 is 1.52. The van der Waals surface area contributed by atoms with Crippen LogP contribution in [0.3, 0.4) is 0 Å². The molecule has 0 aliphatic carbocycles. The number of rotatable bonds is 5. The fourth-order valence-corrected chi connectivity index (χ4v) is 3.84. The number of pyridine rings is 1. The van der Waals surface area contributed by atoms with E-state index in [1.165, 1.54) is 23.5 Å². The summed E-state index contributed by atoms with van der Waals surface area (Å²) in [5.74, 6) is 0.719. The van der Waals surface area contributed by atoms with Crippen molar-refractivity contribution in [1.82, 2.24) is 10.5 Å². The molecule has 2 aromatic heterocycles. The third kappa shape index (κ3) is 3.20. The summed E-state index contributed by atoms with van der Waals surface area (Å²) in [6, 6.07) is 13.1. The largest absolute Gasteiger partial charge is 0.481 e. The van der Waals surface area contributed by atoms with Gasteiger partial charge in [-0.3, -0.25) is 10.3 Å². The van der Waals surface area contributed by atoms with E-state index in [0.717, 1.165) is 4.88 Å². The predicted molar refractivity (Wildman–Crippen MR) is 102 cm³/mol. The van der Waals surface area contributed by atoms with Gasteiger partial charge in [0, 0.05) is 16.6 Å². The molecule has 0 amide bonds. The highest BCUT2D eigenvalue weighted by molar-refractivity contribution is 7.10. The number of nitrogens with zero attached hydrogens (tertiary/aromatic N) is 1. The Bertz CT molecular complexity index is 962. The van der Waals surface area contributed by atoms with Crippen molar-refractivity contribution in [3.8, 4) is 5.75 Å². The van der Waals surface area contributed by atoms with Crippen LogP contribution in [0.5, 0.6) is 5.75 Å². The topological polar surface area (TPSA) is 95.4 Å². The van der Waals surface area contributed by atoms with Gasteiger partial charge in [0.15, 0.2) is 11.7 Å². The van der Waals surface area contributed by atoms with Gasteiger partial charge in [0.25, 0.3) is 0 Å². The molecule has 0 saturated carbocycles. The summed E-state index contributed by atoms with van der Waals surface area (Å²) in [7, 11) is 0. The third-order valence-corrected chi connectivity index (χ3v) is 5.17. The number of benzene rings is 1. The maximum absolute atomic E-state index is 13.3. The molecular weight excluding hydrogens is 367 g/mol. The zero-order valence-corrected chi connectivity index (χ0v) is 14.9. The first-order chi connectivity index (χ1) is 13.1. The highest BCUT2D eigenvalue weighted by Crippen LogP contribution is 2.47. The number of hydrogen-bond acceptors (Lipinski definition) is 7. The van der Waals surface area contributed by atoms with Gasteiger partial charge in [-0.2, -0.15) is 0 Å². The fraction of sp³-hybridized carbons (Fsp3) is 0.105. The molecule has 0 spiro atoms. The second kappa shape index (κ2) is 6.90. The van der Waals surface area contributed by atoms with Crippen LogP contribution in [0.1, 0.15) is 16.5 Å². The lowest BCUT2D eigenvalue weighted by atomic mass is 9.87. The van der Waals surface area contributed by atoms with Gasteiger partial charge in [0.1, 0.15) is 23.2 Å². The van der Waals surface area contributed by atoms with Gasteiger partial charge >= 0.3 is 0 Å². The molecule has 3 heterocycles. The Morgan fingerprint density at radius 1 is 1.15 bits per heavy atom. The van der Waals surface area contributed by atoms with Crippen molar-refractivity contribution in [3.63, 3.8) is 0 Å². The van der Waals surface area contributed by atoms with Crippen LogP contribution in [0.25, 0.3) is 0 Å². The van der Waals surface area contributed by atoms with Crippen LogP contribution in [-0.2, 0) is 10.4 Å². The van der Waals surface area contributed by atoms with E-state index in [9.17, 15) is 4.39 Å². The molecule has 0 radical (unpaired) electrons. The summed E-state index contributed by atoms with van der Waals surface area (Å²) in [6.07, 6.45) is 2.90. The molecule has 4 rings (SSSR count). The first-order valence-corrected chi connectivity index (χ1v) is 9.06. The van der Waals surface area contributed by atoms with Crippen LogP contribution >= 0.6 is 11.3 Å². The number of aromatic nitrogens is 1. The van der Waals surface area contributed by atoms with Gasteiger partial charge in [-0.05, 0) is 53.9 Å². The number of nitrogens with one attached hydrogen (secondary N) is 1. The predicted octanol–water partition coefficient (Wildman–Crippen LogP) is 3.51. The molecule has 27 heavy (non-hydrogen) atoms. The Kier molecular flexibility index (Phi) is 4.43. The molecule has 0 saturated heterocycles. The molecule has 0 bridgehead atoms. The summed E-state index contributed by atoms with van der Waals surface area (Å²) in [4.78, 5) is 11.0. The monoisotopic (exact) mass is 384 g/mol. The van der Waals surface area contributed by atoms with E-state index in [4.69, 9.17) is 21.0 Å². The van der Waals surface area contributed by atoms with Gasteiger partial charge in [0.2, 0.25) is 0 Å². The lowest BCUT2D eigenvalue weighted by Crippen LogP contribution is -2.38. The van der Waals surface area contributed by atoms with Crippen molar-refractivity contribution in [2.45, 2.75) is 11.7 Å². The number of hydrogen-bond donors (Lipinski definition) is 3. The maximum Gasteiger partial charge on any atom is 0.186 e. The second-order valence-corrected chi connectivity index (χ2v) is 6.96. The number of nitrogen functional groups attached to an aromatic ring is 2. The molecule has 2 unspecified atom stereocenters. The number of halogens is 1. The van der Waals surface area contributed by atoms with E-state index < -0.39 is 11.7 Å². The van der Waals surface area contributed by atoms with Gasteiger partial charge in [-0.1, -0.05) is 6.07 Å². The van der Waals surface area contributed by atoms with Gasteiger partial charge in [-0.25, -0.2) is 9.37 Å². The minimum atomic E-state index is -1.08. The first kappa shape index (κ1) is 17.3. The molecule has 8 heteroatoms. The Balaban J connectivity index is 1.83. The smallest absolute Gasteiger partial charge is 0.186 e. The highest BCUT2D eigenvalue weighted by Gasteiger charge is 2.47. The highest BCUT2D eigenvalue weighted by atomic mass is 32.1. The summed E-state index contributed by atoms with van der Waals surface area (Å²) < 4.78 is 19.5. The van der Waals surface area contributed by atoms with Crippen LogP contribution in [0, 0.1) is 5.82 Å². The Morgan fingerprint density at radius 3 is 2.59 bits per heavy atom. The minimum absolute atomic E-state index is 0.243. The van der Waals surface area contributed by atoms with E-state index in [0.29, 0.717) is 17.1 Å². The summed E-state index contributed by atoms with van der Waals surface area (Å²) in [5, 5.41) is 1.95. The SMILES string of the molecule is Nc1ccc(C2(C(Oc3ccc(F)cc3)c3cccs3)C=CNO2)c(N)n1. The van der Waals surface area contributed by atoms with Crippen molar-refractivity contribution in [1.29, 1.82) is 0 Å². The van der Waals surface area contributed by atoms with Gasteiger partial charge in [-0.15, -0.1) is 11.3 Å². The van der Waals surface area contributed by atoms with E-state index >= 15 is 0 Å². The molecule has 1 aliphatic rings. The fourth-order valence-electron chi connectivity index (χ4n) is 3.02. The van der Waals surface area contributed by atoms with E-state index in [2.05, 4.69) is 10.5 Å². The van der Waals surface area contributed by atoms with Crippen molar-refractivity contribution in [2.75, 3.05) is 11.5 Å². The normalized spacial score (nSPS) is 19.6. The summed E-state index contributed by atoms with van der Waals surface area (Å²) in [5.41, 5.74) is 14.2. The Hall–Kier alpha value is -3.10. The molecule has 0 fully saturated rings. The average molecular weight is 384 g/mol. The number of anilines is 2. The summed E-state index contributed by atoms with van der Waals surface area (Å²) in [6.45, 7) is 0. The molecule has 138 valence electrons. The van der Waals surface area contributed by atoms with Crippen LogP contribution < -0.4 is 21.7 Å². The average Bonchev–Trinajstić information content (AvgIpc) is 3.34. The lowest BCUT2D eigenvalue weighted by molar-refractivity contribution is -0.106. The standard InChI is InChI=1S/C19H17FN4O2S/c20-12-3-5-13(6-4-12)25-17(15-2-1-11-27-15)19(9-10-23-26-19)14-7-8-16(21)24-18(14)22/h1-11,17,23H,(H4,21,22,24). The van der Waals surface area contributed by atoms with Crippen LogP contribution in [0.15, 0.2) is 66.2 Å². The number of hydroxylamine groups is 1. The zero-order chi connectivity index (χ0) is 18.9. The molecule has 2 atom stereocenters. The van der Waals surface area contributed by atoms with Crippen molar-refractivity contribution < 1.29 is 14.0 Å². The molecule has 5 N–H and O–H groups in total. The number of ether oxygens (including phenoxy) is 1. The van der Waals surface area contributed by atoms with Crippen molar-refractivity contribution in [2.24, 2.45) is 0 Å². The van der Waals surface area contributed by atoms with Crippen LogP contribution in [0.2, 0.25) is 0 Å². The van der Waals surface area contributed by atoms with E-state index in [1.54, 1.807) is 30.5 Å². The third-order valence-electron chi connectivity index (χ3n) is 4.25. The number of thiophene rings is 1. The minimum Gasteiger partial charge on any atom is -0.481 e. The van der Waals surface area contributed by atoms with Crippen molar-refractivity contribution >= 4 is 23.0 Å². The van der Waals surface area contributed by atoms with E-state index in [1.807, 2.05) is 23.6 Å². The lowest BCUT2D eigenvalue weighted by Gasteiger charge is -2.34. The zero-order valence-electron chi connectivity index (χ0n) is 14.1. The number of nitrogens with two attached hydrogens (primary N) is 2. The Labute approximate surface area is 159 Å². The van der Waals surface area contributed by atoms with Crippen molar-refractivity contribution in [3.05, 3.63) is 82.4 Å². The molecule has 3 aromatic rings. The maximum atomic E-state index is 13.3. The Morgan fingerprint density at radius 2 is 1.96 bits per heavy atom. The van der Waals surface area contributed by atoms with Crippen LogP contribution in [0.4, 0.5) is 16.0 Å². The van der Waals surface area contributed by atoms with E-state index in [-0.39, 0.29) is 11.6 Å².